The third-order valence-corrected chi connectivity index (χ3v) is 32.8. The quantitative estimate of drug-likeness (QED) is 0.164. The van der Waals surface area contributed by atoms with E-state index in [1.807, 2.05) is 0 Å². The number of hydrogen-bond acceptors (Lipinski definition) is 5. The first-order valence-electron chi connectivity index (χ1n) is 47.2. The zero-order valence-corrected chi connectivity index (χ0v) is 80.5. The molecule has 0 saturated heterocycles. The molecular weight excluding hydrogens is 1610 g/mol. The van der Waals surface area contributed by atoms with Crippen molar-refractivity contribution in [3.63, 3.8) is 0 Å². The average molecular weight is 1730 g/mol. The normalized spacial score (nSPS) is 15.3. The third kappa shape index (κ3) is 11.9. The van der Waals surface area contributed by atoms with Crippen LogP contribution in [0.15, 0.2) is 291 Å². The predicted octanol–water partition coefficient (Wildman–Crippen LogP) is 31.6. The molecule has 0 N–H and O–H groups in total. The van der Waals surface area contributed by atoms with Crippen LogP contribution in [-0.4, -0.2) is 9.55 Å². The largest absolute Gasteiger partial charge is 0.456 e. The van der Waals surface area contributed by atoms with Gasteiger partial charge in [0.1, 0.15) is 71.6 Å². The molecule has 0 unspecified atom stereocenters. The minimum atomic E-state index is -0.0309. The fourth-order valence-electron chi connectivity index (χ4n) is 23.2. The molecule has 8 heterocycles. The molecule has 0 saturated carbocycles. The highest BCUT2D eigenvalue weighted by molar-refractivity contribution is 6.22. The molecule has 654 valence electrons. The van der Waals surface area contributed by atoms with E-state index in [1.165, 1.54) is 171 Å². The van der Waals surface area contributed by atoms with Gasteiger partial charge in [-0.05, 0) is 201 Å². The van der Waals surface area contributed by atoms with Gasteiger partial charge in [0, 0.05) is 133 Å². The van der Waals surface area contributed by atoms with Crippen molar-refractivity contribution < 1.29 is 31.4 Å². The van der Waals surface area contributed by atoms with Gasteiger partial charge >= 0.3 is 0 Å². The van der Waals surface area contributed by atoms with E-state index in [0.29, 0.717) is 11.8 Å². The minimum absolute atomic E-state index is 0.000701. The van der Waals surface area contributed by atoms with Gasteiger partial charge in [-0.15, -0.1) is 0 Å². The molecule has 8 aromatic heterocycles. The van der Waals surface area contributed by atoms with Crippen molar-refractivity contribution in [2.24, 2.45) is 21.1 Å². The maximum absolute atomic E-state index is 6.67. The highest BCUT2D eigenvalue weighted by Gasteiger charge is 2.53. The summed E-state index contributed by atoms with van der Waals surface area (Å²) in [7, 11) is 6.48. The number of rotatable bonds is 4. The topological polar surface area (TPSA) is 82.0 Å². The number of nitrogens with zero attached hydrogens (tertiary/aromatic N) is 5. The third-order valence-electron chi connectivity index (χ3n) is 32.8. The molecule has 9 nitrogen and oxygen atoms in total. The van der Waals surface area contributed by atoms with Crippen LogP contribution in [0.2, 0.25) is 0 Å². The Balaban J connectivity index is 0.000000103. The highest BCUT2D eigenvalue weighted by Crippen LogP contribution is 2.60. The molecule has 0 fully saturated rings. The number of fused-ring (bicyclic) bond motifs is 29. The monoisotopic (exact) mass is 1730 g/mol. The summed E-state index contributed by atoms with van der Waals surface area (Å²) in [5.74, 6) is 1.70. The summed E-state index contributed by atoms with van der Waals surface area (Å²) in [6.45, 7) is 46.6. The van der Waals surface area contributed by atoms with Gasteiger partial charge in [0.05, 0.1) is 33.4 Å². The van der Waals surface area contributed by atoms with Crippen LogP contribution >= 0.6 is 0 Å². The van der Waals surface area contributed by atoms with Crippen LogP contribution < -0.4 is 13.7 Å². The Morgan fingerprint density at radius 1 is 0.288 bits per heavy atom. The van der Waals surface area contributed by atoms with Crippen LogP contribution in [0, 0.1) is 27.7 Å². The fraction of sp³-hybridized carbons (Fsp3) is 0.252. The van der Waals surface area contributed by atoms with Crippen molar-refractivity contribution in [1.82, 2.24) is 9.55 Å². The van der Waals surface area contributed by atoms with Crippen LogP contribution in [0.1, 0.15) is 189 Å². The summed E-state index contributed by atoms with van der Waals surface area (Å²) in [6.07, 6.45) is 6.48. The van der Waals surface area contributed by atoms with E-state index in [-0.39, 0.29) is 32.5 Å². The zero-order valence-electron chi connectivity index (χ0n) is 80.5. The summed E-state index contributed by atoms with van der Waals surface area (Å²) in [5.41, 5.74) is 36.1. The van der Waals surface area contributed by atoms with E-state index < -0.39 is 0 Å². The lowest BCUT2D eigenvalue weighted by Gasteiger charge is -2.47. The first-order valence-corrected chi connectivity index (χ1v) is 47.2. The molecule has 9 heteroatoms. The number of furan rings is 4. The summed E-state index contributed by atoms with van der Waals surface area (Å²) in [6, 6.07) is 92.0. The summed E-state index contributed by atoms with van der Waals surface area (Å²) in [4.78, 5) is 5.25. The first-order chi connectivity index (χ1) is 63.1. The predicted molar refractivity (Wildman–Crippen MR) is 550 cm³/mol. The minimum Gasteiger partial charge on any atom is -0.456 e. The number of aryl methyl sites for hydroxylation is 7. The maximum atomic E-state index is 6.67. The van der Waals surface area contributed by atoms with Gasteiger partial charge in [0.2, 0.25) is 17.1 Å². The smallest absolute Gasteiger partial charge is 0.216 e. The average Bonchev–Trinajstić information content (AvgIpc) is 1.20. The lowest BCUT2D eigenvalue weighted by molar-refractivity contribution is -0.661. The Labute approximate surface area is 772 Å². The summed E-state index contributed by atoms with van der Waals surface area (Å²) in [5, 5.41) is 19.3. The molecule has 3 aliphatic rings. The molecular formula is C123H116N5O4+3. The van der Waals surface area contributed by atoms with Crippen molar-refractivity contribution in [1.29, 1.82) is 0 Å². The maximum Gasteiger partial charge on any atom is 0.216 e. The van der Waals surface area contributed by atoms with Gasteiger partial charge in [0.15, 0.2) is 18.6 Å². The van der Waals surface area contributed by atoms with Crippen LogP contribution in [0.5, 0.6) is 0 Å². The van der Waals surface area contributed by atoms with E-state index in [4.69, 9.17) is 22.7 Å². The van der Waals surface area contributed by atoms with Crippen LogP contribution in [-0.2, 0) is 53.6 Å². The van der Waals surface area contributed by atoms with Crippen LogP contribution in [0.25, 0.3) is 193 Å². The van der Waals surface area contributed by atoms with Crippen molar-refractivity contribution in [2.75, 3.05) is 0 Å². The zero-order chi connectivity index (χ0) is 92.0. The SMILES string of the molecule is Cc1c(-c2nc3ccccc3n2-c2c(C(C)C)cccc2C(C)C)ccc2c1oc1c3ccccc3ccc21.Cc1c2c(cc3c1oc1c4ccccc4ccc31)C(C)(C)C(C)(C)c1ccc[n+](C)c1-2.Cc1c2c(cc3c1oc1cc4ccccc4cc13)C(C)(C)C(C)(C)c1ccc[n+](C)c1-2.Cc1c2c(cc3c1oc1ccc4ccccc4c13)C(C)(C)C(C)(C)c1ccc[n+](C)c1-2. The van der Waals surface area contributed by atoms with Crippen molar-refractivity contribution >= 4 is 142 Å². The van der Waals surface area contributed by atoms with E-state index in [2.05, 4.69) is 451 Å². The molecule has 0 aliphatic heterocycles. The summed E-state index contributed by atoms with van der Waals surface area (Å²) < 4.78 is 35.6. The Bertz CT molecular complexity index is 8560. The number of imidazole rings is 1. The number of aromatic nitrogens is 5. The standard InChI is InChI=1S/C36H32N2O.3C29H28NO/c1-21(2)25-13-10-14-26(22(3)4)33(25)38-32-16-9-8-15-31(32)37-36(38)27-19-20-29-30-18-17-24-11-6-7-12-28(24)35(30)39-34(29)23(27)5;1-17-24-22(29(4,5)28(2,3)21-12-9-15-30(6)26(21)24)16-20-25-19-11-8-7-10-18(19)13-14-23(25)31-27(17)20;1-17-24-23(29(4,5)28(2,3)22-12-9-15-30(6)25(22)24)16-21-20-14-13-18-10-7-8-11-19(18)27(20)31-26(17)21;1-17-25-23(29(4,5)28(2,3)22-12-9-13-30(6)26(22)25)16-21-20-14-18-10-7-8-11-19(18)15-24(20)31-27(17)21/h6-22H,1-5H3;3*7-16H,1-6H3/q;3*+1. The number of para-hydroxylation sites is 3. The highest BCUT2D eigenvalue weighted by atomic mass is 16.3. The number of hydrogen-bond donors (Lipinski definition) is 0. The van der Waals surface area contributed by atoms with Crippen molar-refractivity contribution in [2.45, 2.75) is 183 Å². The Hall–Kier alpha value is -13.8. The van der Waals surface area contributed by atoms with Gasteiger partial charge in [-0.1, -0.05) is 262 Å². The Kier molecular flexibility index (Phi) is 18.8. The number of pyridine rings is 3. The first kappa shape index (κ1) is 83.8. The molecule has 0 bridgehead atoms. The van der Waals surface area contributed by atoms with E-state index in [0.717, 1.165) is 88.8 Å². The second kappa shape index (κ2) is 29.6. The van der Waals surface area contributed by atoms with Gasteiger partial charge in [-0.25, -0.2) is 18.7 Å². The molecule has 0 radical (unpaired) electrons. The van der Waals surface area contributed by atoms with E-state index in [9.17, 15) is 0 Å². The molecule has 22 aromatic rings. The van der Waals surface area contributed by atoms with Gasteiger partial charge in [0.25, 0.3) is 0 Å². The number of benzene rings is 14. The Morgan fingerprint density at radius 2 is 0.659 bits per heavy atom. The lowest BCUT2D eigenvalue weighted by Crippen LogP contribution is -2.47. The van der Waals surface area contributed by atoms with Crippen LogP contribution in [0.4, 0.5) is 0 Å². The van der Waals surface area contributed by atoms with Gasteiger partial charge in [-0.2, -0.15) is 0 Å². The molecule has 25 rings (SSSR count). The fourth-order valence-corrected chi connectivity index (χ4v) is 23.2. The van der Waals surface area contributed by atoms with Crippen molar-refractivity contribution in [3.05, 3.63) is 340 Å². The second-order valence-corrected chi connectivity index (χ2v) is 41.9. The molecule has 0 atom stereocenters. The van der Waals surface area contributed by atoms with Crippen molar-refractivity contribution in [3.8, 4) is 50.8 Å². The molecule has 0 spiro atoms. The molecule has 14 aromatic carbocycles. The Morgan fingerprint density at radius 3 is 1.16 bits per heavy atom. The van der Waals surface area contributed by atoms with E-state index >= 15 is 0 Å². The molecule has 0 amide bonds. The summed E-state index contributed by atoms with van der Waals surface area (Å²) >= 11 is 0. The molecule has 132 heavy (non-hydrogen) atoms. The second-order valence-electron chi connectivity index (χ2n) is 41.9. The molecule has 3 aliphatic carbocycles. The van der Waals surface area contributed by atoms with Crippen LogP contribution in [0.3, 0.4) is 0 Å². The lowest BCUT2D eigenvalue weighted by atomic mass is 9.55. The van der Waals surface area contributed by atoms with E-state index in [1.54, 1.807) is 0 Å². The van der Waals surface area contributed by atoms with Gasteiger partial charge < -0.3 is 17.7 Å². The van der Waals surface area contributed by atoms with Gasteiger partial charge in [-0.3, -0.25) is 4.57 Å².